The van der Waals surface area contributed by atoms with Gasteiger partial charge < -0.3 is 19.1 Å². The van der Waals surface area contributed by atoms with Gasteiger partial charge in [-0.05, 0) is 13.0 Å². The Morgan fingerprint density at radius 1 is 1.17 bits per heavy atom. The maximum Gasteiger partial charge on any atom is 0.292 e. The third-order valence-corrected chi connectivity index (χ3v) is 4.25. The summed E-state index contributed by atoms with van der Waals surface area (Å²) < 4.78 is 12.6. The predicted molar refractivity (Wildman–Crippen MR) is 81.2 cm³/mol. The summed E-state index contributed by atoms with van der Waals surface area (Å²) in [5.41, 5.74) is 2.03. The number of aromatic nitrogens is 3. The summed E-state index contributed by atoms with van der Waals surface area (Å²) in [6, 6.07) is 3.74. The van der Waals surface area contributed by atoms with Crippen LogP contribution in [-0.2, 0) is 17.8 Å². The monoisotopic (exact) mass is 317 g/mol. The standard InChI is InChI=1S/C15H19N5O3/c1-11-8-12-10-19(2-3-20(12)16-11)15(21)13-9-14(17-23-13)18-4-6-22-7-5-18/h8-9H,2-7,10H2,1H3. The van der Waals surface area contributed by atoms with Crippen molar-refractivity contribution in [2.75, 3.05) is 37.7 Å². The molecule has 0 aromatic carbocycles. The van der Waals surface area contributed by atoms with Crippen molar-refractivity contribution in [2.24, 2.45) is 0 Å². The lowest BCUT2D eigenvalue weighted by Gasteiger charge is -2.27. The van der Waals surface area contributed by atoms with Crippen LogP contribution in [0.3, 0.4) is 0 Å². The highest BCUT2D eigenvalue weighted by atomic mass is 16.5. The van der Waals surface area contributed by atoms with Gasteiger partial charge in [0.25, 0.3) is 5.91 Å². The molecule has 4 heterocycles. The van der Waals surface area contributed by atoms with Crippen LogP contribution in [0, 0.1) is 6.92 Å². The van der Waals surface area contributed by atoms with Crippen molar-refractivity contribution >= 4 is 11.7 Å². The average Bonchev–Trinajstić information content (AvgIpc) is 3.20. The smallest absolute Gasteiger partial charge is 0.292 e. The van der Waals surface area contributed by atoms with Crippen molar-refractivity contribution in [3.8, 4) is 0 Å². The zero-order valence-corrected chi connectivity index (χ0v) is 13.1. The first-order chi connectivity index (χ1) is 11.2. The highest BCUT2D eigenvalue weighted by Gasteiger charge is 2.26. The van der Waals surface area contributed by atoms with E-state index in [-0.39, 0.29) is 11.7 Å². The minimum atomic E-state index is -0.123. The van der Waals surface area contributed by atoms with Gasteiger partial charge in [-0.1, -0.05) is 5.16 Å². The molecule has 0 aliphatic carbocycles. The lowest BCUT2D eigenvalue weighted by Crippen LogP contribution is -2.38. The maximum atomic E-state index is 12.6. The van der Waals surface area contributed by atoms with Crippen LogP contribution in [-0.4, -0.2) is 58.6 Å². The maximum absolute atomic E-state index is 12.6. The van der Waals surface area contributed by atoms with E-state index in [4.69, 9.17) is 9.26 Å². The zero-order valence-electron chi connectivity index (χ0n) is 13.1. The molecular weight excluding hydrogens is 298 g/mol. The summed E-state index contributed by atoms with van der Waals surface area (Å²) in [4.78, 5) is 16.5. The van der Waals surface area contributed by atoms with Gasteiger partial charge in [-0.15, -0.1) is 0 Å². The van der Waals surface area contributed by atoms with E-state index in [1.807, 2.05) is 17.7 Å². The third kappa shape index (κ3) is 2.70. The Morgan fingerprint density at radius 3 is 2.83 bits per heavy atom. The topological polar surface area (TPSA) is 76.6 Å². The van der Waals surface area contributed by atoms with Gasteiger partial charge in [0.15, 0.2) is 5.82 Å². The number of rotatable bonds is 2. The van der Waals surface area contributed by atoms with Gasteiger partial charge in [0.2, 0.25) is 5.76 Å². The minimum absolute atomic E-state index is 0.123. The molecule has 1 saturated heterocycles. The summed E-state index contributed by atoms with van der Waals surface area (Å²) in [5.74, 6) is 0.868. The van der Waals surface area contributed by atoms with E-state index in [2.05, 4.69) is 15.2 Å². The van der Waals surface area contributed by atoms with Crippen LogP contribution >= 0.6 is 0 Å². The quantitative estimate of drug-likeness (QED) is 0.810. The van der Waals surface area contributed by atoms with Crippen LogP contribution in [0.25, 0.3) is 0 Å². The summed E-state index contributed by atoms with van der Waals surface area (Å²) >= 11 is 0. The Bertz CT molecular complexity index is 717. The number of anilines is 1. The van der Waals surface area contributed by atoms with Gasteiger partial charge in [-0.25, -0.2) is 0 Å². The van der Waals surface area contributed by atoms with E-state index in [0.29, 0.717) is 38.7 Å². The van der Waals surface area contributed by atoms with E-state index in [0.717, 1.165) is 24.5 Å². The summed E-state index contributed by atoms with van der Waals surface area (Å²) in [6.07, 6.45) is 0. The first-order valence-corrected chi connectivity index (χ1v) is 7.83. The molecule has 2 aliphatic rings. The summed E-state index contributed by atoms with van der Waals surface area (Å²) in [6.45, 7) is 6.72. The molecule has 2 aliphatic heterocycles. The number of fused-ring (bicyclic) bond motifs is 1. The minimum Gasteiger partial charge on any atom is -0.378 e. The second-order valence-corrected chi connectivity index (χ2v) is 5.88. The molecule has 0 atom stereocenters. The number of ether oxygens (including phenoxy) is 1. The number of morpholine rings is 1. The van der Waals surface area contributed by atoms with Crippen molar-refractivity contribution in [3.63, 3.8) is 0 Å². The SMILES string of the molecule is Cc1cc2n(n1)CCN(C(=O)c1cc(N3CCOCC3)no1)C2. The van der Waals surface area contributed by atoms with Crippen molar-refractivity contribution < 1.29 is 14.1 Å². The molecule has 0 unspecified atom stereocenters. The largest absolute Gasteiger partial charge is 0.378 e. The molecule has 4 rings (SSSR count). The molecule has 1 amide bonds. The molecule has 23 heavy (non-hydrogen) atoms. The number of hydrogen-bond acceptors (Lipinski definition) is 6. The van der Waals surface area contributed by atoms with Gasteiger partial charge in [-0.2, -0.15) is 5.10 Å². The highest BCUT2D eigenvalue weighted by molar-refractivity contribution is 5.92. The van der Waals surface area contributed by atoms with Crippen molar-refractivity contribution in [1.82, 2.24) is 19.8 Å². The zero-order chi connectivity index (χ0) is 15.8. The number of carbonyl (C=O) groups excluding carboxylic acids is 1. The van der Waals surface area contributed by atoms with Crippen LogP contribution in [0.2, 0.25) is 0 Å². The molecule has 1 fully saturated rings. The molecule has 8 nitrogen and oxygen atoms in total. The Hall–Kier alpha value is -2.35. The fourth-order valence-corrected chi connectivity index (χ4v) is 3.05. The molecule has 0 radical (unpaired) electrons. The number of carbonyl (C=O) groups is 1. The Balaban J connectivity index is 1.48. The van der Waals surface area contributed by atoms with Gasteiger partial charge >= 0.3 is 0 Å². The molecule has 0 spiro atoms. The summed E-state index contributed by atoms with van der Waals surface area (Å²) in [5, 5.41) is 8.44. The van der Waals surface area contributed by atoms with Gasteiger partial charge in [0, 0.05) is 25.7 Å². The molecule has 2 aromatic heterocycles. The van der Waals surface area contributed by atoms with Gasteiger partial charge in [-0.3, -0.25) is 9.48 Å². The fraction of sp³-hybridized carbons (Fsp3) is 0.533. The van der Waals surface area contributed by atoms with E-state index in [9.17, 15) is 4.79 Å². The van der Waals surface area contributed by atoms with Crippen molar-refractivity contribution in [1.29, 1.82) is 0 Å². The Kier molecular flexibility index (Phi) is 3.53. The summed E-state index contributed by atoms with van der Waals surface area (Å²) in [7, 11) is 0. The normalized spacial score (nSPS) is 18.1. The second-order valence-electron chi connectivity index (χ2n) is 5.88. The molecule has 2 aromatic rings. The number of nitrogens with zero attached hydrogens (tertiary/aromatic N) is 5. The molecule has 0 bridgehead atoms. The molecule has 8 heteroatoms. The van der Waals surface area contributed by atoms with Gasteiger partial charge in [0.05, 0.1) is 37.7 Å². The number of hydrogen-bond donors (Lipinski definition) is 0. The third-order valence-electron chi connectivity index (χ3n) is 4.25. The Morgan fingerprint density at radius 2 is 2.00 bits per heavy atom. The highest BCUT2D eigenvalue weighted by Crippen LogP contribution is 2.20. The molecule has 0 N–H and O–H groups in total. The predicted octanol–water partition coefficient (Wildman–Crippen LogP) is 0.672. The fourth-order valence-electron chi connectivity index (χ4n) is 3.05. The molecular formula is C15H19N5O3. The number of aryl methyl sites for hydroxylation is 1. The Labute approximate surface area is 133 Å². The van der Waals surface area contributed by atoms with Crippen LogP contribution in [0.1, 0.15) is 21.9 Å². The van der Waals surface area contributed by atoms with E-state index >= 15 is 0 Å². The molecule has 122 valence electrons. The van der Waals surface area contributed by atoms with Crippen LogP contribution in [0.15, 0.2) is 16.7 Å². The average molecular weight is 317 g/mol. The van der Waals surface area contributed by atoms with Crippen LogP contribution in [0.4, 0.5) is 5.82 Å². The van der Waals surface area contributed by atoms with Crippen molar-refractivity contribution in [2.45, 2.75) is 20.0 Å². The lowest BCUT2D eigenvalue weighted by atomic mass is 10.2. The van der Waals surface area contributed by atoms with Crippen molar-refractivity contribution in [3.05, 3.63) is 29.3 Å². The van der Waals surface area contributed by atoms with E-state index in [1.165, 1.54) is 0 Å². The van der Waals surface area contributed by atoms with Crippen LogP contribution < -0.4 is 4.90 Å². The van der Waals surface area contributed by atoms with E-state index < -0.39 is 0 Å². The van der Waals surface area contributed by atoms with Gasteiger partial charge in [0.1, 0.15) is 0 Å². The first-order valence-electron chi connectivity index (χ1n) is 7.83. The first kappa shape index (κ1) is 14.3. The molecule has 0 saturated carbocycles. The van der Waals surface area contributed by atoms with Crippen LogP contribution in [0.5, 0.6) is 0 Å². The van der Waals surface area contributed by atoms with E-state index in [1.54, 1.807) is 11.0 Å². The second kappa shape index (κ2) is 5.69. The number of amides is 1. The lowest BCUT2D eigenvalue weighted by molar-refractivity contribution is 0.0664.